The Kier molecular flexibility index (Phi) is 3.87. The molecular weight excluding hydrogens is 226 g/mol. The van der Waals surface area contributed by atoms with Crippen molar-refractivity contribution in [2.75, 3.05) is 19.8 Å². The molecule has 2 N–H and O–H groups in total. The van der Waals surface area contributed by atoms with Crippen LogP contribution in [0.5, 0.6) is 0 Å². The number of hydrogen-bond acceptors (Lipinski definition) is 5. The predicted molar refractivity (Wildman–Crippen MR) is 61.3 cm³/mol. The van der Waals surface area contributed by atoms with Gasteiger partial charge in [-0.1, -0.05) is 0 Å². The second-order valence-electron chi connectivity index (χ2n) is 3.66. The van der Waals surface area contributed by atoms with Crippen LogP contribution in [0.15, 0.2) is 5.38 Å². The van der Waals surface area contributed by atoms with Crippen LogP contribution in [0.4, 0.5) is 0 Å². The lowest BCUT2D eigenvalue weighted by atomic mass is 10.2. The third kappa shape index (κ3) is 3.01. The Balaban J connectivity index is 1.78. The average Bonchev–Trinajstić information content (AvgIpc) is 2.73. The highest BCUT2D eigenvalue weighted by Crippen LogP contribution is 2.07. The molecule has 1 fully saturated rings. The maximum atomic E-state index is 11.7. The Morgan fingerprint density at radius 3 is 3.31 bits per heavy atom. The van der Waals surface area contributed by atoms with E-state index in [9.17, 15) is 4.79 Å². The number of morpholine rings is 1. The summed E-state index contributed by atoms with van der Waals surface area (Å²) >= 11 is 1.59. The molecule has 2 rings (SSSR count). The zero-order chi connectivity index (χ0) is 11.4. The summed E-state index contributed by atoms with van der Waals surface area (Å²) in [5.74, 6) is -0.0228. The van der Waals surface area contributed by atoms with Crippen molar-refractivity contribution in [2.45, 2.75) is 19.5 Å². The first-order chi connectivity index (χ1) is 7.75. The minimum absolute atomic E-state index is 0.0228. The minimum Gasteiger partial charge on any atom is -0.378 e. The lowest BCUT2D eigenvalue weighted by molar-refractivity contribution is -0.126. The lowest BCUT2D eigenvalue weighted by Gasteiger charge is -2.22. The van der Waals surface area contributed by atoms with E-state index in [1.165, 1.54) is 0 Å². The molecule has 0 radical (unpaired) electrons. The summed E-state index contributed by atoms with van der Waals surface area (Å²) in [7, 11) is 0. The van der Waals surface area contributed by atoms with Gasteiger partial charge in [0.15, 0.2) is 0 Å². The molecule has 1 aliphatic rings. The quantitative estimate of drug-likeness (QED) is 0.785. The second kappa shape index (κ2) is 5.38. The van der Waals surface area contributed by atoms with Crippen LogP contribution < -0.4 is 10.6 Å². The van der Waals surface area contributed by atoms with E-state index in [2.05, 4.69) is 15.6 Å². The average molecular weight is 241 g/mol. The number of carbonyl (C=O) groups excluding carboxylic acids is 1. The Labute approximate surface area is 98.2 Å². The largest absolute Gasteiger partial charge is 0.378 e. The topological polar surface area (TPSA) is 63.2 Å². The van der Waals surface area contributed by atoms with E-state index in [0.717, 1.165) is 17.2 Å². The maximum Gasteiger partial charge on any atom is 0.239 e. The highest BCUT2D eigenvalue weighted by atomic mass is 32.1. The number of aromatic nitrogens is 1. The van der Waals surface area contributed by atoms with Crippen molar-refractivity contribution in [3.8, 4) is 0 Å². The van der Waals surface area contributed by atoms with Crippen molar-refractivity contribution in [1.29, 1.82) is 0 Å². The van der Waals surface area contributed by atoms with Gasteiger partial charge < -0.3 is 15.4 Å². The minimum atomic E-state index is -0.228. The van der Waals surface area contributed by atoms with Crippen molar-refractivity contribution in [3.63, 3.8) is 0 Å². The number of amides is 1. The number of carbonyl (C=O) groups is 1. The molecule has 0 saturated carbocycles. The van der Waals surface area contributed by atoms with Gasteiger partial charge in [-0.3, -0.25) is 4.79 Å². The molecule has 0 bridgehead atoms. The molecule has 1 aliphatic heterocycles. The van der Waals surface area contributed by atoms with E-state index >= 15 is 0 Å². The van der Waals surface area contributed by atoms with Gasteiger partial charge in [0.2, 0.25) is 5.91 Å². The molecule has 1 atom stereocenters. The van der Waals surface area contributed by atoms with Crippen molar-refractivity contribution in [3.05, 3.63) is 16.1 Å². The number of nitrogens with zero attached hydrogens (tertiary/aromatic N) is 1. The summed E-state index contributed by atoms with van der Waals surface area (Å²) in [6.07, 6.45) is 0. The van der Waals surface area contributed by atoms with E-state index in [4.69, 9.17) is 4.74 Å². The normalized spacial score (nSPS) is 20.7. The fourth-order valence-electron chi connectivity index (χ4n) is 1.52. The Hall–Kier alpha value is -0.980. The SMILES string of the molecule is Cc1nc(CNC(=O)C2COCCN2)cs1. The van der Waals surface area contributed by atoms with Gasteiger partial charge in [-0.25, -0.2) is 4.98 Å². The lowest BCUT2D eigenvalue weighted by Crippen LogP contribution is -2.51. The van der Waals surface area contributed by atoms with Crippen molar-refractivity contribution in [2.24, 2.45) is 0 Å². The van der Waals surface area contributed by atoms with Crippen LogP contribution in [0.3, 0.4) is 0 Å². The molecule has 1 amide bonds. The first-order valence-corrected chi connectivity index (χ1v) is 6.13. The second-order valence-corrected chi connectivity index (χ2v) is 4.72. The molecule has 88 valence electrons. The third-order valence-electron chi connectivity index (χ3n) is 2.35. The van der Waals surface area contributed by atoms with Crippen LogP contribution in [-0.2, 0) is 16.1 Å². The molecule has 2 heterocycles. The van der Waals surface area contributed by atoms with E-state index in [1.54, 1.807) is 11.3 Å². The molecular formula is C10H15N3O2S. The summed E-state index contributed by atoms with van der Waals surface area (Å²) in [6.45, 7) is 4.29. The van der Waals surface area contributed by atoms with Crippen LogP contribution in [0.25, 0.3) is 0 Å². The molecule has 1 unspecified atom stereocenters. The van der Waals surface area contributed by atoms with Crippen LogP contribution in [0.1, 0.15) is 10.7 Å². The smallest absolute Gasteiger partial charge is 0.239 e. The van der Waals surface area contributed by atoms with Crippen LogP contribution in [0, 0.1) is 6.92 Å². The summed E-state index contributed by atoms with van der Waals surface area (Å²) in [5.41, 5.74) is 0.910. The third-order valence-corrected chi connectivity index (χ3v) is 3.17. The van der Waals surface area contributed by atoms with Gasteiger partial charge in [0, 0.05) is 11.9 Å². The summed E-state index contributed by atoms with van der Waals surface area (Å²) in [5, 5.41) is 8.93. The van der Waals surface area contributed by atoms with Gasteiger partial charge in [0.1, 0.15) is 6.04 Å². The zero-order valence-corrected chi connectivity index (χ0v) is 9.97. The molecule has 0 aliphatic carbocycles. The number of ether oxygens (including phenoxy) is 1. The molecule has 6 heteroatoms. The van der Waals surface area contributed by atoms with Gasteiger partial charge in [0.25, 0.3) is 0 Å². The maximum absolute atomic E-state index is 11.7. The molecule has 5 nitrogen and oxygen atoms in total. The summed E-state index contributed by atoms with van der Waals surface area (Å²) in [6, 6.07) is -0.228. The van der Waals surface area contributed by atoms with Gasteiger partial charge in [0.05, 0.1) is 30.5 Å². The molecule has 0 spiro atoms. The van der Waals surface area contributed by atoms with E-state index in [0.29, 0.717) is 19.8 Å². The molecule has 1 saturated heterocycles. The van der Waals surface area contributed by atoms with Crippen LogP contribution in [0.2, 0.25) is 0 Å². The van der Waals surface area contributed by atoms with E-state index in [1.807, 2.05) is 12.3 Å². The van der Waals surface area contributed by atoms with Crippen LogP contribution >= 0.6 is 11.3 Å². The fourth-order valence-corrected chi connectivity index (χ4v) is 2.14. The van der Waals surface area contributed by atoms with Gasteiger partial charge >= 0.3 is 0 Å². The molecule has 1 aromatic rings. The fraction of sp³-hybridized carbons (Fsp3) is 0.600. The molecule has 16 heavy (non-hydrogen) atoms. The summed E-state index contributed by atoms with van der Waals surface area (Å²) < 4.78 is 5.22. The summed E-state index contributed by atoms with van der Waals surface area (Å²) in [4.78, 5) is 16.0. The van der Waals surface area contributed by atoms with Crippen molar-refractivity contribution < 1.29 is 9.53 Å². The Morgan fingerprint density at radius 1 is 1.81 bits per heavy atom. The van der Waals surface area contributed by atoms with Crippen molar-refractivity contribution >= 4 is 17.2 Å². The Morgan fingerprint density at radius 2 is 2.69 bits per heavy atom. The number of rotatable bonds is 3. The number of hydrogen-bond donors (Lipinski definition) is 2. The predicted octanol–water partition coefficient (Wildman–Crippen LogP) is 0.0561. The first-order valence-electron chi connectivity index (χ1n) is 5.25. The standard InChI is InChI=1S/C10H15N3O2S/c1-7-13-8(6-16-7)4-12-10(14)9-5-15-3-2-11-9/h6,9,11H,2-5H2,1H3,(H,12,14). The number of nitrogens with one attached hydrogen (secondary N) is 2. The number of aryl methyl sites for hydroxylation is 1. The monoisotopic (exact) mass is 241 g/mol. The highest BCUT2D eigenvalue weighted by Gasteiger charge is 2.20. The molecule has 0 aromatic carbocycles. The van der Waals surface area contributed by atoms with Crippen LogP contribution in [-0.4, -0.2) is 36.7 Å². The highest BCUT2D eigenvalue weighted by molar-refractivity contribution is 7.09. The van der Waals surface area contributed by atoms with Crippen molar-refractivity contribution in [1.82, 2.24) is 15.6 Å². The first kappa shape index (κ1) is 11.5. The van der Waals surface area contributed by atoms with E-state index in [-0.39, 0.29) is 11.9 Å². The van der Waals surface area contributed by atoms with Gasteiger partial charge in [-0.05, 0) is 6.92 Å². The zero-order valence-electron chi connectivity index (χ0n) is 9.16. The van der Waals surface area contributed by atoms with E-state index < -0.39 is 0 Å². The number of thiazole rings is 1. The van der Waals surface area contributed by atoms with Gasteiger partial charge in [-0.15, -0.1) is 11.3 Å². The van der Waals surface area contributed by atoms with Gasteiger partial charge in [-0.2, -0.15) is 0 Å². The molecule has 1 aromatic heterocycles. The Bertz CT molecular complexity index is 361.